The first-order valence-corrected chi connectivity index (χ1v) is 2.47. The normalized spacial score (nSPS) is 6.75. The molecule has 0 heterocycles. The summed E-state index contributed by atoms with van der Waals surface area (Å²) < 4.78 is 0. The van der Waals surface area contributed by atoms with E-state index in [1.165, 1.54) is 12.8 Å². The summed E-state index contributed by atoms with van der Waals surface area (Å²) >= 11 is 0. The molecule has 8 heavy (non-hydrogen) atoms. The Labute approximate surface area is 77.2 Å². The summed E-state index contributed by atoms with van der Waals surface area (Å²) in [6.07, 6.45) is 6.83. The van der Waals surface area contributed by atoms with Crippen LogP contribution in [0.25, 0.3) is 0 Å². The van der Waals surface area contributed by atoms with Crippen molar-refractivity contribution in [1.82, 2.24) is 0 Å². The topological polar surface area (TPSA) is 0 Å². The second-order valence-electron chi connectivity index (χ2n) is 1.39. The van der Waals surface area contributed by atoms with Crippen LogP contribution in [0.1, 0.15) is 26.7 Å². The maximum absolute atomic E-state index is 2.18. The van der Waals surface area contributed by atoms with Gasteiger partial charge in [-0.25, -0.2) is 12.8 Å². The van der Waals surface area contributed by atoms with Crippen LogP contribution in [0.2, 0.25) is 0 Å². The number of unbranched alkanes of at least 4 members (excludes halogenated alkanes) is 3. The monoisotopic (exact) mass is 98.1 g/mol. The second-order valence-corrected chi connectivity index (χ2v) is 1.39. The van der Waals surface area contributed by atoms with Crippen LogP contribution in [0.5, 0.6) is 0 Å². The van der Waals surface area contributed by atoms with Crippen molar-refractivity contribution in [2.24, 2.45) is 0 Å². The molecule has 0 amide bonds. The molecule has 0 radical (unpaired) electrons. The molecule has 0 aliphatic rings. The average Bonchev–Trinajstić information content (AvgIpc) is 1.61. The first-order valence-electron chi connectivity index (χ1n) is 2.47. The van der Waals surface area contributed by atoms with Crippen molar-refractivity contribution in [2.45, 2.75) is 26.7 Å². The third-order valence-electron chi connectivity index (χ3n) is 0.744. The van der Waals surface area contributed by atoms with Gasteiger partial charge < -0.3 is 12.8 Å². The quantitative estimate of drug-likeness (QED) is 0.193. The van der Waals surface area contributed by atoms with Crippen molar-refractivity contribution in [3.8, 4) is 0 Å². The molecule has 0 aromatic rings. The van der Waals surface area contributed by atoms with Crippen LogP contribution in [0.3, 0.4) is 0 Å². The Morgan fingerprint density at radius 2 is 1.12 bits per heavy atom. The predicted octanol–water partition coefficient (Wildman–Crippen LogP) is -3.78. The third kappa shape index (κ3) is 15.7. The van der Waals surface area contributed by atoms with Crippen LogP contribution in [0.15, 0.2) is 0 Å². The SMILES string of the molecule is C[CH-]CC[CH-]C.[Li+].[Li+]. The molecule has 0 bridgehead atoms. The summed E-state index contributed by atoms with van der Waals surface area (Å²) in [6.45, 7) is 4.17. The smallest absolute Gasteiger partial charge is 0.334 e. The summed E-state index contributed by atoms with van der Waals surface area (Å²) in [6, 6.07) is 0. The van der Waals surface area contributed by atoms with Crippen molar-refractivity contribution in [1.29, 1.82) is 0 Å². The van der Waals surface area contributed by atoms with Gasteiger partial charge in [-0.2, -0.15) is 13.8 Å². The van der Waals surface area contributed by atoms with E-state index in [-0.39, 0.29) is 37.7 Å². The van der Waals surface area contributed by atoms with E-state index in [0.717, 1.165) is 0 Å². The molecule has 0 spiro atoms. The molecule has 0 aliphatic carbocycles. The predicted molar refractivity (Wildman–Crippen MR) is 29.2 cm³/mol. The summed E-state index contributed by atoms with van der Waals surface area (Å²) in [5.41, 5.74) is 0. The van der Waals surface area contributed by atoms with Crippen LogP contribution in [0, 0.1) is 12.8 Å². The van der Waals surface area contributed by atoms with Gasteiger partial charge in [0.25, 0.3) is 0 Å². The van der Waals surface area contributed by atoms with E-state index in [0.29, 0.717) is 0 Å². The fourth-order valence-electron chi connectivity index (χ4n) is 0.333. The number of rotatable bonds is 3. The molecule has 0 aliphatic heterocycles. The van der Waals surface area contributed by atoms with E-state index in [9.17, 15) is 0 Å². The summed E-state index contributed by atoms with van der Waals surface area (Å²) in [5, 5.41) is 0. The van der Waals surface area contributed by atoms with Crippen LogP contribution >= 0.6 is 0 Å². The molecule has 0 saturated carbocycles. The van der Waals surface area contributed by atoms with Crippen LogP contribution in [-0.2, 0) is 0 Å². The molecular weight excluding hydrogens is 85.9 g/mol. The van der Waals surface area contributed by atoms with Crippen molar-refractivity contribution in [2.75, 3.05) is 0 Å². The molecular formula is C6H12Li2. The maximum Gasteiger partial charge on any atom is 1.00 e. The fourth-order valence-corrected chi connectivity index (χ4v) is 0.333. The summed E-state index contributed by atoms with van der Waals surface area (Å²) in [4.78, 5) is 0. The van der Waals surface area contributed by atoms with Gasteiger partial charge in [0.2, 0.25) is 0 Å². The van der Waals surface area contributed by atoms with Gasteiger partial charge in [-0.3, -0.25) is 0 Å². The third-order valence-corrected chi connectivity index (χ3v) is 0.744. The van der Waals surface area contributed by atoms with Crippen LogP contribution < -0.4 is 37.7 Å². The van der Waals surface area contributed by atoms with Gasteiger partial charge in [-0.05, 0) is 0 Å². The van der Waals surface area contributed by atoms with Crippen molar-refractivity contribution < 1.29 is 37.7 Å². The summed E-state index contributed by atoms with van der Waals surface area (Å²) in [5.74, 6) is 0. The largest absolute Gasteiger partial charge is 1.00 e. The van der Waals surface area contributed by atoms with Gasteiger partial charge in [0.05, 0.1) is 0 Å². The first-order chi connectivity index (χ1) is 2.91. The molecule has 0 nitrogen and oxygen atoms in total. The average molecular weight is 98.0 g/mol. The van der Waals surface area contributed by atoms with Crippen LogP contribution in [0.4, 0.5) is 0 Å². The zero-order chi connectivity index (χ0) is 4.83. The molecule has 0 saturated heterocycles. The Bertz CT molecular complexity index is 18.5. The minimum atomic E-state index is 0. The van der Waals surface area contributed by atoms with E-state index in [2.05, 4.69) is 26.7 Å². The van der Waals surface area contributed by atoms with Crippen molar-refractivity contribution in [3.05, 3.63) is 12.8 Å². The fraction of sp³-hybridized carbons (Fsp3) is 0.667. The standard InChI is InChI=1S/C6H12.2Li/c1-3-5-6-4-2;;/h3-4H,5-6H2,1-2H3;;/q-2;2*+1. The van der Waals surface area contributed by atoms with Gasteiger partial charge in [-0.1, -0.05) is 0 Å². The van der Waals surface area contributed by atoms with Gasteiger partial charge in [0.15, 0.2) is 0 Å². The minimum Gasteiger partial charge on any atom is -0.334 e. The molecule has 0 atom stereocenters. The second kappa shape index (κ2) is 15.7. The first kappa shape index (κ1) is 16.1. The molecule has 38 valence electrons. The Morgan fingerprint density at radius 3 is 1.25 bits per heavy atom. The molecule has 0 N–H and O–H groups in total. The van der Waals surface area contributed by atoms with E-state index in [1.54, 1.807) is 0 Å². The van der Waals surface area contributed by atoms with Gasteiger partial charge >= 0.3 is 37.7 Å². The Kier molecular flexibility index (Phi) is 31.6. The van der Waals surface area contributed by atoms with E-state index < -0.39 is 0 Å². The number of hydrogen-bond donors (Lipinski definition) is 0. The molecule has 0 rings (SSSR count). The Hall–Kier alpha value is 1.19. The van der Waals surface area contributed by atoms with Crippen molar-refractivity contribution >= 4 is 0 Å². The van der Waals surface area contributed by atoms with E-state index >= 15 is 0 Å². The van der Waals surface area contributed by atoms with Gasteiger partial charge in [-0.15, -0.1) is 0 Å². The minimum absolute atomic E-state index is 0. The Morgan fingerprint density at radius 1 is 0.875 bits per heavy atom. The zero-order valence-electron chi connectivity index (χ0n) is 6.57. The molecule has 0 aromatic heterocycles. The summed E-state index contributed by atoms with van der Waals surface area (Å²) in [7, 11) is 0. The van der Waals surface area contributed by atoms with E-state index in [1.807, 2.05) is 0 Å². The van der Waals surface area contributed by atoms with Crippen LogP contribution in [-0.4, -0.2) is 0 Å². The van der Waals surface area contributed by atoms with E-state index in [4.69, 9.17) is 0 Å². The van der Waals surface area contributed by atoms with Gasteiger partial charge in [0.1, 0.15) is 0 Å². The zero-order valence-corrected chi connectivity index (χ0v) is 6.57. The molecule has 0 fully saturated rings. The van der Waals surface area contributed by atoms with Crippen molar-refractivity contribution in [3.63, 3.8) is 0 Å². The van der Waals surface area contributed by atoms with Gasteiger partial charge in [0, 0.05) is 0 Å². The maximum atomic E-state index is 2.18. The molecule has 0 aromatic carbocycles. The molecule has 2 heteroatoms. The molecule has 0 unspecified atom stereocenters. The Balaban J connectivity index is -0.000000125. The number of hydrogen-bond acceptors (Lipinski definition) is 0.